The summed E-state index contributed by atoms with van der Waals surface area (Å²) < 4.78 is 18.5. The van der Waals surface area contributed by atoms with Gasteiger partial charge in [0.25, 0.3) is 0 Å². The zero-order valence-electron chi connectivity index (χ0n) is 10.0. The van der Waals surface area contributed by atoms with Crippen molar-refractivity contribution in [3.8, 4) is 17.0 Å². The molecule has 0 saturated carbocycles. The Labute approximate surface area is 108 Å². The molecule has 1 aromatic heterocycles. The highest BCUT2D eigenvalue weighted by Gasteiger charge is 2.28. The number of benzene rings is 1. The van der Waals surface area contributed by atoms with Gasteiger partial charge < -0.3 is 9.84 Å². The number of rotatable bonds is 3. The third-order valence-electron chi connectivity index (χ3n) is 2.62. The van der Waals surface area contributed by atoms with Crippen molar-refractivity contribution in [1.29, 1.82) is 0 Å². The maximum absolute atomic E-state index is 12.9. The third kappa shape index (κ3) is 2.33. The van der Waals surface area contributed by atoms with E-state index in [0.717, 1.165) is 0 Å². The number of halogens is 1. The predicted molar refractivity (Wildman–Crippen MR) is 62.7 cm³/mol. The fourth-order valence-electron chi connectivity index (χ4n) is 1.73. The standard InChI is InChI=1S/C13H10FNO4/c1-19-11-7-6-10(13(16)17)15(18)12(11)8-2-4-9(14)5-3-8/h2-7H,1H3,(H-,16,17,18)/p+1. The first-order valence-electron chi connectivity index (χ1n) is 5.36. The van der Waals surface area contributed by atoms with Crippen LogP contribution in [0, 0.1) is 5.82 Å². The number of pyridine rings is 1. The first-order valence-corrected chi connectivity index (χ1v) is 5.36. The summed E-state index contributed by atoms with van der Waals surface area (Å²) in [6.45, 7) is 0. The summed E-state index contributed by atoms with van der Waals surface area (Å²) in [7, 11) is 1.39. The Hall–Kier alpha value is -2.63. The molecule has 0 radical (unpaired) electrons. The Balaban J connectivity index is 2.69. The lowest BCUT2D eigenvalue weighted by Crippen LogP contribution is -2.40. The van der Waals surface area contributed by atoms with E-state index in [1.165, 1.54) is 43.5 Å². The number of carbonyl (C=O) groups is 1. The van der Waals surface area contributed by atoms with Gasteiger partial charge in [0, 0.05) is 10.8 Å². The van der Waals surface area contributed by atoms with E-state index in [1.807, 2.05) is 0 Å². The van der Waals surface area contributed by atoms with Crippen molar-refractivity contribution in [2.45, 2.75) is 0 Å². The Morgan fingerprint density at radius 1 is 1.21 bits per heavy atom. The van der Waals surface area contributed by atoms with Gasteiger partial charge in [-0.05, 0) is 30.3 Å². The Kier molecular flexibility index (Phi) is 3.33. The minimum absolute atomic E-state index is 0.141. The number of hydrogen-bond acceptors (Lipinski definition) is 3. The maximum Gasteiger partial charge on any atom is 0.406 e. The molecule has 19 heavy (non-hydrogen) atoms. The molecule has 5 nitrogen and oxygen atoms in total. The van der Waals surface area contributed by atoms with Gasteiger partial charge in [0.2, 0.25) is 0 Å². The van der Waals surface area contributed by atoms with Gasteiger partial charge in [-0.2, -0.15) is 0 Å². The topological polar surface area (TPSA) is 70.6 Å². The number of carboxylic acid groups (broad SMARTS) is 1. The lowest BCUT2D eigenvalue weighted by Gasteiger charge is -2.05. The molecule has 0 amide bonds. The second kappa shape index (κ2) is 4.93. The molecule has 0 bridgehead atoms. The molecule has 0 saturated heterocycles. The van der Waals surface area contributed by atoms with Crippen LogP contribution in [0.3, 0.4) is 0 Å². The van der Waals surface area contributed by atoms with Crippen molar-refractivity contribution in [1.82, 2.24) is 0 Å². The molecule has 0 spiro atoms. The van der Waals surface area contributed by atoms with Crippen LogP contribution in [0.25, 0.3) is 11.3 Å². The van der Waals surface area contributed by atoms with Crippen molar-refractivity contribution in [2.75, 3.05) is 7.11 Å². The van der Waals surface area contributed by atoms with Crippen LogP contribution in [-0.4, -0.2) is 23.4 Å². The van der Waals surface area contributed by atoms with Crippen molar-refractivity contribution in [3.63, 3.8) is 0 Å². The lowest BCUT2D eigenvalue weighted by molar-refractivity contribution is -0.897. The molecule has 0 unspecified atom stereocenters. The molecule has 0 atom stereocenters. The van der Waals surface area contributed by atoms with Crippen molar-refractivity contribution in [3.05, 3.63) is 47.9 Å². The molecule has 2 rings (SSSR count). The number of aromatic carboxylic acids is 1. The molecule has 0 aliphatic rings. The highest BCUT2D eigenvalue weighted by molar-refractivity contribution is 5.84. The summed E-state index contributed by atoms with van der Waals surface area (Å²) in [6, 6.07) is 7.91. The minimum Gasteiger partial charge on any atom is -0.490 e. The number of hydrogen-bond donors (Lipinski definition) is 2. The molecule has 0 aliphatic carbocycles. The molecule has 2 aromatic rings. The summed E-state index contributed by atoms with van der Waals surface area (Å²) in [4.78, 5) is 11.0. The Morgan fingerprint density at radius 3 is 2.37 bits per heavy atom. The molecule has 2 N–H and O–H groups in total. The van der Waals surface area contributed by atoms with Gasteiger partial charge in [0.05, 0.1) is 12.7 Å². The molecule has 6 heteroatoms. The van der Waals surface area contributed by atoms with Gasteiger partial charge in [0.15, 0.2) is 5.75 Å². The van der Waals surface area contributed by atoms with E-state index >= 15 is 0 Å². The van der Waals surface area contributed by atoms with Gasteiger partial charge in [-0.1, -0.05) is 0 Å². The van der Waals surface area contributed by atoms with Gasteiger partial charge in [-0.15, -0.1) is 0 Å². The zero-order valence-corrected chi connectivity index (χ0v) is 10.0. The van der Waals surface area contributed by atoms with E-state index in [-0.39, 0.29) is 17.1 Å². The summed E-state index contributed by atoms with van der Waals surface area (Å²) >= 11 is 0. The first kappa shape index (κ1) is 12.8. The fraction of sp³-hybridized carbons (Fsp3) is 0.0769. The van der Waals surface area contributed by atoms with Crippen LogP contribution >= 0.6 is 0 Å². The lowest BCUT2D eigenvalue weighted by atomic mass is 10.1. The molecule has 1 heterocycles. The van der Waals surface area contributed by atoms with Gasteiger partial charge in [-0.25, -0.2) is 9.18 Å². The van der Waals surface area contributed by atoms with E-state index in [1.54, 1.807) is 0 Å². The monoisotopic (exact) mass is 264 g/mol. The van der Waals surface area contributed by atoms with E-state index < -0.39 is 11.8 Å². The number of aromatic nitrogens is 1. The smallest absolute Gasteiger partial charge is 0.406 e. The van der Waals surface area contributed by atoms with E-state index in [9.17, 15) is 14.4 Å². The SMILES string of the molecule is COc1ccc(C(=O)O)[n+](O)c1-c1ccc(F)cc1. The van der Waals surface area contributed by atoms with Crippen LogP contribution in [0.1, 0.15) is 10.5 Å². The van der Waals surface area contributed by atoms with E-state index in [0.29, 0.717) is 10.3 Å². The Morgan fingerprint density at radius 2 is 1.84 bits per heavy atom. The maximum atomic E-state index is 12.9. The van der Waals surface area contributed by atoms with Gasteiger partial charge in [0.1, 0.15) is 5.82 Å². The Bertz CT molecular complexity index is 625. The zero-order chi connectivity index (χ0) is 14.0. The molecule has 0 aliphatic heterocycles. The quantitative estimate of drug-likeness (QED) is 0.654. The summed E-state index contributed by atoms with van der Waals surface area (Å²) in [5.41, 5.74) is 0.256. The molecule has 98 valence electrons. The van der Waals surface area contributed by atoms with Crippen molar-refractivity contribution >= 4 is 5.97 Å². The molecule has 1 aromatic carbocycles. The largest absolute Gasteiger partial charge is 0.490 e. The summed E-state index contributed by atoms with van der Waals surface area (Å²) in [6.07, 6.45) is 0. The first-order chi connectivity index (χ1) is 9.04. The summed E-state index contributed by atoms with van der Waals surface area (Å²) in [5.74, 6) is -1.44. The normalized spacial score (nSPS) is 10.2. The number of nitrogens with zero attached hydrogens (tertiary/aromatic N) is 1. The van der Waals surface area contributed by atoms with Crippen molar-refractivity contribution in [2.24, 2.45) is 0 Å². The van der Waals surface area contributed by atoms with Crippen LogP contribution < -0.4 is 9.47 Å². The molecular weight excluding hydrogens is 253 g/mol. The second-order valence-electron chi connectivity index (χ2n) is 3.76. The summed E-state index contributed by atoms with van der Waals surface area (Å²) in [5, 5.41) is 18.9. The third-order valence-corrected chi connectivity index (χ3v) is 2.62. The van der Waals surface area contributed by atoms with E-state index in [2.05, 4.69) is 0 Å². The molecular formula is C13H11FNO4+. The van der Waals surface area contributed by atoms with Gasteiger partial charge in [-0.3, -0.25) is 5.21 Å². The van der Waals surface area contributed by atoms with Crippen LogP contribution in [-0.2, 0) is 0 Å². The van der Waals surface area contributed by atoms with Crippen LogP contribution in [0.2, 0.25) is 0 Å². The molecule has 0 fully saturated rings. The second-order valence-corrected chi connectivity index (χ2v) is 3.76. The van der Waals surface area contributed by atoms with E-state index in [4.69, 9.17) is 9.84 Å². The number of methoxy groups -OCH3 is 1. The highest BCUT2D eigenvalue weighted by atomic mass is 19.1. The highest BCUT2D eigenvalue weighted by Crippen LogP contribution is 2.26. The van der Waals surface area contributed by atoms with Crippen LogP contribution in [0.15, 0.2) is 36.4 Å². The fourth-order valence-corrected chi connectivity index (χ4v) is 1.73. The predicted octanol–water partition coefficient (Wildman–Crippen LogP) is 1.72. The minimum atomic E-state index is -1.28. The van der Waals surface area contributed by atoms with Crippen LogP contribution in [0.4, 0.5) is 4.39 Å². The van der Waals surface area contributed by atoms with Gasteiger partial charge >= 0.3 is 17.4 Å². The number of carboxylic acids is 1. The number of ether oxygens (including phenoxy) is 1. The van der Waals surface area contributed by atoms with Crippen molar-refractivity contribution < 1.29 is 29.0 Å². The van der Waals surface area contributed by atoms with Crippen LogP contribution in [0.5, 0.6) is 5.75 Å². The average Bonchev–Trinajstić information content (AvgIpc) is 2.39. The average molecular weight is 264 g/mol.